The zero-order valence-corrected chi connectivity index (χ0v) is 11.2. The molecule has 1 aliphatic heterocycles. The second-order valence-electron chi connectivity index (χ2n) is 5.98. The third-order valence-electron chi connectivity index (χ3n) is 2.93. The Labute approximate surface area is 111 Å². The van der Waals surface area contributed by atoms with Crippen LogP contribution in [0.5, 0.6) is 0 Å². The van der Waals surface area contributed by atoms with Crippen molar-refractivity contribution in [2.24, 2.45) is 5.41 Å². The molecule has 0 unspecified atom stereocenters. The third-order valence-corrected chi connectivity index (χ3v) is 2.93. The maximum absolute atomic E-state index is 13.2. The molecule has 0 radical (unpaired) electrons. The monoisotopic (exact) mass is 269 g/mol. The van der Waals surface area contributed by atoms with E-state index in [0.717, 1.165) is 18.6 Å². The van der Waals surface area contributed by atoms with Crippen molar-refractivity contribution in [3.63, 3.8) is 0 Å². The quantitative estimate of drug-likeness (QED) is 0.818. The first-order chi connectivity index (χ1) is 8.76. The smallest absolute Gasteiger partial charge is 0.414 e. The number of benzene rings is 1. The summed E-state index contributed by atoms with van der Waals surface area (Å²) in [5.41, 5.74) is 0.356. The molecule has 0 N–H and O–H groups in total. The van der Waals surface area contributed by atoms with Crippen molar-refractivity contribution in [3.8, 4) is 0 Å². The number of anilines is 1. The van der Waals surface area contributed by atoms with Crippen LogP contribution in [0.4, 0.5) is 19.3 Å². The number of halogens is 2. The molecule has 0 bridgehead atoms. The molecule has 1 aromatic rings. The number of rotatable bonds is 2. The number of nitrogens with zero attached hydrogens (tertiary/aromatic N) is 1. The van der Waals surface area contributed by atoms with Crippen LogP contribution in [0.25, 0.3) is 0 Å². The van der Waals surface area contributed by atoms with E-state index in [0.29, 0.717) is 12.2 Å². The predicted molar refractivity (Wildman–Crippen MR) is 68.0 cm³/mol. The molecule has 5 heteroatoms. The molecule has 1 aromatic carbocycles. The highest BCUT2D eigenvalue weighted by Gasteiger charge is 2.34. The Balaban J connectivity index is 2.13. The molecule has 1 amide bonds. The van der Waals surface area contributed by atoms with Gasteiger partial charge in [-0.15, -0.1) is 0 Å². The molecular weight excluding hydrogens is 252 g/mol. The van der Waals surface area contributed by atoms with E-state index < -0.39 is 17.7 Å². The summed E-state index contributed by atoms with van der Waals surface area (Å²) in [7, 11) is 0. The molecule has 0 aromatic heterocycles. The molecule has 19 heavy (non-hydrogen) atoms. The molecule has 104 valence electrons. The Bertz CT molecular complexity index is 497. The molecule has 0 aliphatic carbocycles. The zero-order valence-electron chi connectivity index (χ0n) is 11.2. The number of hydrogen-bond acceptors (Lipinski definition) is 2. The molecule has 1 heterocycles. The van der Waals surface area contributed by atoms with E-state index in [1.807, 2.05) is 0 Å². The average Bonchev–Trinajstić information content (AvgIpc) is 2.61. The van der Waals surface area contributed by atoms with Crippen LogP contribution in [0, 0.1) is 17.0 Å². The Morgan fingerprint density at radius 1 is 1.32 bits per heavy atom. The fourth-order valence-corrected chi connectivity index (χ4v) is 2.17. The molecule has 1 aliphatic rings. The van der Waals surface area contributed by atoms with Crippen molar-refractivity contribution in [2.75, 3.05) is 11.4 Å². The predicted octanol–water partition coefficient (Wildman–Crippen LogP) is 3.73. The third kappa shape index (κ3) is 3.22. The molecule has 1 fully saturated rings. The van der Waals surface area contributed by atoms with Crippen LogP contribution in [0.1, 0.15) is 27.2 Å². The number of hydrogen-bond donors (Lipinski definition) is 0. The highest BCUT2D eigenvalue weighted by Crippen LogP contribution is 2.29. The second-order valence-corrected chi connectivity index (χ2v) is 5.98. The van der Waals surface area contributed by atoms with Gasteiger partial charge in [0, 0.05) is 6.07 Å². The van der Waals surface area contributed by atoms with Gasteiger partial charge in [0.2, 0.25) is 0 Å². The van der Waals surface area contributed by atoms with Crippen molar-refractivity contribution in [2.45, 2.75) is 33.3 Å². The standard InChI is InChI=1S/C14H17F2NO2/c1-14(2,3)7-10-8-17(13(18)19-10)9-4-5-11(15)12(16)6-9/h4-6,10H,7-8H2,1-3H3/t10-/m0/s1. The average molecular weight is 269 g/mol. The maximum atomic E-state index is 13.2. The normalized spacial score (nSPS) is 19.7. The van der Waals surface area contributed by atoms with Crippen molar-refractivity contribution in [1.82, 2.24) is 0 Å². The van der Waals surface area contributed by atoms with Crippen LogP contribution >= 0.6 is 0 Å². The largest absolute Gasteiger partial charge is 0.444 e. The first kappa shape index (κ1) is 13.8. The maximum Gasteiger partial charge on any atom is 0.414 e. The molecule has 1 atom stereocenters. The zero-order chi connectivity index (χ0) is 14.2. The van der Waals surface area contributed by atoms with Gasteiger partial charge in [-0.2, -0.15) is 0 Å². The lowest BCUT2D eigenvalue weighted by Gasteiger charge is -2.21. The lowest BCUT2D eigenvalue weighted by atomic mass is 9.89. The van der Waals surface area contributed by atoms with Crippen molar-refractivity contribution in [1.29, 1.82) is 0 Å². The van der Waals surface area contributed by atoms with E-state index in [1.165, 1.54) is 11.0 Å². The van der Waals surface area contributed by atoms with Crippen LogP contribution in [-0.4, -0.2) is 18.7 Å². The number of ether oxygens (including phenoxy) is 1. The number of amides is 1. The van der Waals surface area contributed by atoms with Gasteiger partial charge < -0.3 is 4.74 Å². The topological polar surface area (TPSA) is 29.5 Å². The first-order valence-corrected chi connectivity index (χ1v) is 6.19. The van der Waals surface area contributed by atoms with Gasteiger partial charge in [0.05, 0.1) is 12.2 Å². The highest BCUT2D eigenvalue weighted by atomic mass is 19.2. The van der Waals surface area contributed by atoms with Gasteiger partial charge in [0.25, 0.3) is 0 Å². The van der Waals surface area contributed by atoms with Gasteiger partial charge in [0.1, 0.15) is 6.10 Å². The molecular formula is C14H17F2NO2. The van der Waals surface area contributed by atoms with Crippen LogP contribution in [0.3, 0.4) is 0 Å². The number of carbonyl (C=O) groups excluding carboxylic acids is 1. The minimum absolute atomic E-state index is 0.0367. The summed E-state index contributed by atoms with van der Waals surface area (Å²) in [5.74, 6) is -1.90. The summed E-state index contributed by atoms with van der Waals surface area (Å²) in [5, 5.41) is 0. The summed E-state index contributed by atoms with van der Waals surface area (Å²) in [6.45, 7) is 6.53. The first-order valence-electron chi connectivity index (χ1n) is 6.19. The number of carbonyl (C=O) groups is 1. The van der Waals surface area contributed by atoms with Gasteiger partial charge >= 0.3 is 6.09 Å². The Morgan fingerprint density at radius 3 is 2.58 bits per heavy atom. The van der Waals surface area contributed by atoms with Gasteiger partial charge in [0.15, 0.2) is 11.6 Å². The SMILES string of the molecule is CC(C)(C)C[C@H]1CN(c2ccc(F)c(F)c2)C(=O)O1. The Hall–Kier alpha value is -1.65. The van der Waals surface area contributed by atoms with E-state index in [-0.39, 0.29) is 11.5 Å². The van der Waals surface area contributed by atoms with Crippen LogP contribution in [0.2, 0.25) is 0 Å². The van der Waals surface area contributed by atoms with Crippen molar-refractivity contribution >= 4 is 11.8 Å². The molecule has 2 rings (SSSR count). The minimum atomic E-state index is -0.968. The van der Waals surface area contributed by atoms with Gasteiger partial charge in [-0.05, 0) is 24.0 Å². The molecule has 3 nitrogen and oxygen atoms in total. The molecule has 0 spiro atoms. The highest BCUT2D eigenvalue weighted by molar-refractivity contribution is 5.89. The van der Waals surface area contributed by atoms with E-state index in [1.54, 1.807) is 0 Å². The Morgan fingerprint density at radius 2 is 2.00 bits per heavy atom. The summed E-state index contributed by atoms with van der Waals surface area (Å²) in [4.78, 5) is 13.1. The number of cyclic esters (lactones) is 1. The fraction of sp³-hybridized carbons (Fsp3) is 0.500. The van der Waals surface area contributed by atoms with E-state index in [4.69, 9.17) is 4.74 Å². The lowest BCUT2D eigenvalue weighted by Crippen LogP contribution is -2.26. The van der Waals surface area contributed by atoms with E-state index in [9.17, 15) is 13.6 Å². The van der Waals surface area contributed by atoms with Crippen LogP contribution < -0.4 is 4.90 Å². The summed E-state index contributed by atoms with van der Waals surface area (Å²) >= 11 is 0. The fourth-order valence-electron chi connectivity index (χ4n) is 2.17. The summed E-state index contributed by atoms with van der Waals surface area (Å²) in [6, 6.07) is 3.39. The molecule has 1 saturated heterocycles. The van der Waals surface area contributed by atoms with Crippen molar-refractivity contribution < 1.29 is 18.3 Å². The minimum Gasteiger partial charge on any atom is -0.444 e. The van der Waals surface area contributed by atoms with Crippen LogP contribution in [0.15, 0.2) is 18.2 Å². The van der Waals surface area contributed by atoms with Crippen LogP contribution in [-0.2, 0) is 4.74 Å². The van der Waals surface area contributed by atoms with Gasteiger partial charge in [-0.3, -0.25) is 4.90 Å². The van der Waals surface area contributed by atoms with E-state index in [2.05, 4.69) is 20.8 Å². The summed E-state index contributed by atoms with van der Waals surface area (Å²) in [6.07, 6.45) is -0.0142. The van der Waals surface area contributed by atoms with Crippen molar-refractivity contribution in [3.05, 3.63) is 29.8 Å². The van der Waals surface area contributed by atoms with E-state index >= 15 is 0 Å². The van der Waals surface area contributed by atoms with Gasteiger partial charge in [-0.1, -0.05) is 20.8 Å². The second kappa shape index (κ2) is 4.79. The lowest BCUT2D eigenvalue weighted by molar-refractivity contribution is 0.114. The molecule has 0 saturated carbocycles. The Kier molecular flexibility index (Phi) is 3.47. The summed E-state index contributed by atoms with van der Waals surface area (Å²) < 4.78 is 31.3. The van der Waals surface area contributed by atoms with Gasteiger partial charge in [-0.25, -0.2) is 13.6 Å².